The van der Waals surface area contributed by atoms with E-state index < -0.39 is 0 Å². The number of ether oxygens (including phenoxy) is 1. The quantitative estimate of drug-likeness (QED) is 0.671. The molecule has 1 aliphatic carbocycles. The molecule has 2 heteroatoms. The van der Waals surface area contributed by atoms with E-state index >= 15 is 0 Å². The van der Waals surface area contributed by atoms with Gasteiger partial charge in [0.25, 0.3) is 0 Å². The molecule has 0 aromatic heterocycles. The van der Waals surface area contributed by atoms with Gasteiger partial charge in [-0.3, -0.25) is 0 Å². The van der Waals surface area contributed by atoms with Gasteiger partial charge in [-0.05, 0) is 32.1 Å². The van der Waals surface area contributed by atoms with E-state index in [1.807, 2.05) is 6.08 Å². The zero-order valence-electron chi connectivity index (χ0n) is 8.22. The van der Waals surface area contributed by atoms with Gasteiger partial charge in [0.1, 0.15) is 0 Å². The highest BCUT2D eigenvalue weighted by atomic mass is 16.5. The molecule has 2 nitrogen and oxygen atoms in total. The molecule has 2 aliphatic rings. The van der Waals surface area contributed by atoms with Gasteiger partial charge in [0.15, 0.2) is 0 Å². The van der Waals surface area contributed by atoms with Crippen LogP contribution in [0.25, 0.3) is 0 Å². The molecule has 1 heterocycles. The van der Waals surface area contributed by atoms with Gasteiger partial charge in [-0.2, -0.15) is 0 Å². The summed E-state index contributed by atoms with van der Waals surface area (Å²) in [6.07, 6.45) is 8.21. The van der Waals surface area contributed by atoms with E-state index in [0.717, 1.165) is 19.6 Å². The first-order valence-electron chi connectivity index (χ1n) is 5.33. The largest absolute Gasteiger partial charge is 0.375 e. The average Bonchev–Trinajstić information content (AvgIpc) is 2.13. The predicted molar refractivity (Wildman–Crippen MR) is 53.8 cm³/mol. The number of rotatable bonds is 3. The summed E-state index contributed by atoms with van der Waals surface area (Å²) >= 11 is 0. The van der Waals surface area contributed by atoms with Crippen LogP contribution >= 0.6 is 0 Å². The van der Waals surface area contributed by atoms with E-state index in [4.69, 9.17) is 4.74 Å². The molecule has 0 aromatic carbocycles. The van der Waals surface area contributed by atoms with Crippen molar-refractivity contribution in [2.24, 2.45) is 0 Å². The minimum Gasteiger partial charge on any atom is -0.375 e. The standard InChI is InChI=1S/C11H19NO/c1-2-7-12-10-4-8-13-11(9-10)5-3-6-11/h2,10,12H,1,3-9H2. The van der Waals surface area contributed by atoms with E-state index in [0.29, 0.717) is 6.04 Å². The Hall–Kier alpha value is -0.340. The van der Waals surface area contributed by atoms with Gasteiger partial charge < -0.3 is 10.1 Å². The second kappa shape index (κ2) is 3.81. The summed E-state index contributed by atoms with van der Waals surface area (Å²) in [5, 5.41) is 3.50. The van der Waals surface area contributed by atoms with E-state index in [-0.39, 0.29) is 5.60 Å². The Bertz CT molecular complexity index is 187. The maximum atomic E-state index is 5.85. The molecule has 1 N–H and O–H groups in total. The molecule has 1 spiro atoms. The highest BCUT2D eigenvalue weighted by Gasteiger charge is 2.42. The first-order chi connectivity index (χ1) is 6.35. The first kappa shape index (κ1) is 9.22. The lowest BCUT2D eigenvalue weighted by atomic mass is 9.74. The van der Waals surface area contributed by atoms with Gasteiger partial charge in [-0.1, -0.05) is 6.08 Å². The van der Waals surface area contributed by atoms with Crippen molar-refractivity contribution < 1.29 is 4.74 Å². The molecular weight excluding hydrogens is 162 g/mol. The molecule has 1 saturated heterocycles. The van der Waals surface area contributed by atoms with Gasteiger partial charge in [0, 0.05) is 19.2 Å². The molecule has 0 bridgehead atoms. The predicted octanol–water partition coefficient (Wildman–Crippen LogP) is 1.86. The average molecular weight is 181 g/mol. The molecule has 1 aliphatic heterocycles. The van der Waals surface area contributed by atoms with Crippen LogP contribution in [0.3, 0.4) is 0 Å². The number of hydrogen-bond donors (Lipinski definition) is 1. The Balaban J connectivity index is 1.81. The molecular formula is C11H19NO. The van der Waals surface area contributed by atoms with Crippen LogP contribution < -0.4 is 5.32 Å². The van der Waals surface area contributed by atoms with E-state index in [1.165, 1.54) is 25.7 Å². The van der Waals surface area contributed by atoms with Crippen LogP contribution in [0.2, 0.25) is 0 Å². The fraction of sp³-hybridized carbons (Fsp3) is 0.818. The van der Waals surface area contributed by atoms with Crippen molar-refractivity contribution in [3.63, 3.8) is 0 Å². The van der Waals surface area contributed by atoms with Crippen molar-refractivity contribution in [1.29, 1.82) is 0 Å². The Morgan fingerprint density at radius 3 is 3.00 bits per heavy atom. The van der Waals surface area contributed by atoms with E-state index in [9.17, 15) is 0 Å². The van der Waals surface area contributed by atoms with Gasteiger partial charge in [-0.25, -0.2) is 0 Å². The smallest absolute Gasteiger partial charge is 0.0697 e. The maximum absolute atomic E-state index is 5.85. The highest BCUT2D eigenvalue weighted by molar-refractivity contribution is 4.96. The minimum atomic E-state index is 0.275. The van der Waals surface area contributed by atoms with E-state index in [1.54, 1.807) is 0 Å². The van der Waals surface area contributed by atoms with Crippen LogP contribution in [0.4, 0.5) is 0 Å². The summed E-state index contributed by atoms with van der Waals surface area (Å²) in [6, 6.07) is 0.659. The summed E-state index contributed by atoms with van der Waals surface area (Å²) in [5.41, 5.74) is 0.275. The molecule has 1 saturated carbocycles. The van der Waals surface area contributed by atoms with Crippen molar-refractivity contribution in [1.82, 2.24) is 5.32 Å². The zero-order chi connectivity index (χ0) is 9.15. The summed E-state index contributed by atoms with van der Waals surface area (Å²) < 4.78 is 5.85. The van der Waals surface area contributed by atoms with Crippen molar-refractivity contribution in [3.8, 4) is 0 Å². The Labute approximate surface area is 80.4 Å². The monoisotopic (exact) mass is 181 g/mol. The highest BCUT2D eigenvalue weighted by Crippen LogP contribution is 2.42. The Morgan fingerprint density at radius 1 is 1.54 bits per heavy atom. The van der Waals surface area contributed by atoms with Crippen molar-refractivity contribution in [2.45, 2.75) is 43.7 Å². The first-order valence-corrected chi connectivity index (χ1v) is 5.33. The molecule has 0 radical (unpaired) electrons. The normalized spacial score (nSPS) is 31.2. The topological polar surface area (TPSA) is 21.3 Å². The molecule has 1 unspecified atom stereocenters. The number of hydrogen-bond acceptors (Lipinski definition) is 2. The van der Waals surface area contributed by atoms with Crippen LogP contribution in [0, 0.1) is 0 Å². The van der Waals surface area contributed by atoms with Gasteiger partial charge in [-0.15, -0.1) is 6.58 Å². The van der Waals surface area contributed by atoms with Gasteiger partial charge in [0.05, 0.1) is 5.60 Å². The molecule has 74 valence electrons. The van der Waals surface area contributed by atoms with Crippen molar-refractivity contribution in [2.75, 3.05) is 13.2 Å². The van der Waals surface area contributed by atoms with Crippen molar-refractivity contribution in [3.05, 3.63) is 12.7 Å². The lowest BCUT2D eigenvalue weighted by Crippen LogP contribution is -2.50. The molecule has 0 amide bonds. The second-order valence-corrected chi connectivity index (χ2v) is 4.27. The fourth-order valence-corrected chi connectivity index (χ4v) is 2.37. The molecule has 2 fully saturated rings. The summed E-state index contributed by atoms with van der Waals surface area (Å²) in [7, 11) is 0. The maximum Gasteiger partial charge on any atom is 0.0697 e. The Morgan fingerprint density at radius 2 is 2.38 bits per heavy atom. The third-order valence-electron chi connectivity index (χ3n) is 3.31. The van der Waals surface area contributed by atoms with Crippen LogP contribution in [-0.4, -0.2) is 24.8 Å². The fourth-order valence-electron chi connectivity index (χ4n) is 2.37. The minimum absolute atomic E-state index is 0.275. The van der Waals surface area contributed by atoms with Crippen molar-refractivity contribution >= 4 is 0 Å². The van der Waals surface area contributed by atoms with Crippen LogP contribution in [0.1, 0.15) is 32.1 Å². The molecule has 2 rings (SSSR count). The summed E-state index contributed by atoms with van der Waals surface area (Å²) in [6.45, 7) is 5.59. The lowest BCUT2D eigenvalue weighted by molar-refractivity contribution is -0.135. The van der Waals surface area contributed by atoms with Crippen LogP contribution in [0.15, 0.2) is 12.7 Å². The van der Waals surface area contributed by atoms with Gasteiger partial charge in [0.2, 0.25) is 0 Å². The Kier molecular flexibility index (Phi) is 2.70. The van der Waals surface area contributed by atoms with Crippen LogP contribution in [-0.2, 0) is 4.74 Å². The number of nitrogens with one attached hydrogen (secondary N) is 1. The third-order valence-corrected chi connectivity index (χ3v) is 3.31. The lowest BCUT2D eigenvalue weighted by Gasteiger charge is -2.47. The zero-order valence-corrected chi connectivity index (χ0v) is 8.22. The van der Waals surface area contributed by atoms with Gasteiger partial charge >= 0.3 is 0 Å². The second-order valence-electron chi connectivity index (χ2n) is 4.27. The molecule has 0 aromatic rings. The SMILES string of the molecule is C=CCNC1CCOC2(CCC2)C1. The van der Waals surface area contributed by atoms with E-state index in [2.05, 4.69) is 11.9 Å². The third kappa shape index (κ3) is 1.94. The summed E-state index contributed by atoms with van der Waals surface area (Å²) in [4.78, 5) is 0. The van der Waals surface area contributed by atoms with Crippen LogP contribution in [0.5, 0.6) is 0 Å². The molecule has 13 heavy (non-hydrogen) atoms. The molecule has 1 atom stereocenters. The summed E-state index contributed by atoms with van der Waals surface area (Å²) in [5.74, 6) is 0.